The average molecular weight is 303 g/mol. The zero-order chi connectivity index (χ0) is 15.2. The van der Waals surface area contributed by atoms with Crippen LogP contribution in [0.15, 0.2) is 22.8 Å². The van der Waals surface area contributed by atoms with Gasteiger partial charge in [0.25, 0.3) is 0 Å². The van der Waals surface area contributed by atoms with E-state index in [1.54, 1.807) is 6.26 Å². The Bertz CT molecular complexity index is 545. The normalized spacial score (nSPS) is 15.9. The number of aromatic nitrogens is 4. The van der Waals surface area contributed by atoms with Crippen LogP contribution in [0, 0.1) is 0 Å². The summed E-state index contributed by atoms with van der Waals surface area (Å²) in [7, 11) is 0. The second-order valence-electron chi connectivity index (χ2n) is 6.09. The summed E-state index contributed by atoms with van der Waals surface area (Å²) < 4.78 is 7.49. The summed E-state index contributed by atoms with van der Waals surface area (Å²) in [5.41, 5.74) is 0. The molecule has 0 saturated heterocycles. The lowest BCUT2D eigenvalue weighted by atomic mass is 10.2. The van der Waals surface area contributed by atoms with E-state index in [2.05, 4.69) is 27.3 Å². The highest BCUT2D eigenvalue weighted by atomic mass is 16.3. The first-order chi connectivity index (χ1) is 10.9. The molecule has 0 aromatic carbocycles. The number of unbranched alkanes of at least 4 members (excludes halogenated alkanes) is 1. The van der Waals surface area contributed by atoms with Crippen LogP contribution in [0.3, 0.4) is 0 Å². The van der Waals surface area contributed by atoms with Crippen LogP contribution in [0.25, 0.3) is 0 Å². The molecule has 0 bridgehead atoms. The number of furan rings is 1. The minimum Gasteiger partial charge on any atom is -0.468 e. The third-order valence-electron chi connectivity index (χ3n) is 4.45. The van der Waals surface area contributed by atoms with Crippen LogP contribution in [0.4, 0.5) is 0 Å². The van der Waals surface area contributed by atoms with Crippen molar-refractivity contribution in [3.8, 4) is 0 Å². The minimum atomic E-state index is 0.612. The van der Waals surface area contributed by atoms with Crippen LogP contribution >= 0.6 is 0 Å². The van der Waals surface area contributed by atoms with Crippen molar-refractivity contribution < 1.29 is 4.42 Å². The molecule has 0 radical (unpaired) electrons. The lowest BCUT2D eigenvalue weighted by Gasteiger charge is -2.27. The van der Waals surface area contributed by atoms with Gasteiger partial charge in [0.05, 0.1) is 19.4 Å². The van der Waals surface area contributed by atoms with E-state index in [9.17, 15) is 0 Å². The SMILES string of the molecule is CCCCn1nnnc1CN(Cc1ccco1)C1CCCC1. The van der Waals surface area contributed by atoms with E-state index < -0.39 is 0 Å². The molecule has 0 amide bonds. The van der Waals surface area contributed by atoms with Gasteiger partial charge in [-0.15, -0.1) is 5.10 Å². The number of rotatable bonds is 8. The zero-order valence-corrected chi connectivity index (χ0v) is 13.3. The van der Waals surface area contributed by atoms with Gasteiger partial charge in [0.2, 0.25) is 0 Å². The van der Waals surface area contributed by atoms with Gasteiger partial charge >= 0.3 is 0 Å². The van der Waals surface area contributed by atoms with Gasteiger partial charge in [-0.1, -0.05) is 26.2 Å². The molecule has 1 fully saturated rings. The van der Waals surface area contributed by atoms with E-state index in [-0.39, 0.29) is 0 Å². The molecular weight excluding hydrogens is 278 g/mol. The summed E-state index contributed by atoms with van der Waals surface area (Å²) >= 11 is 0. The topological polar surface area (TPSA) is 60.0 Å². The molecule has 6 heteroatoms. The molecule has 0 spiro atoms. The second kappa shape index (κ2) is 7.54. The lowest BCUT2D eigenvalue weighted by molar-refractivity contribution is 0.159. The maximum absolute atomic E-state index is 5.54. The molecule has 1 aliphatic carbocycles. The van der Waals surface area contributed by atoms with Crippen LogP contribution in [0.5, 0.6) is 0 Å². The highest BCUT2D eigenvalue weighted by molar-refractivity contribution is 4.99. The monoisotopic (exact) mass is 303 g/mol. The Hall–Kier alpha value is -1.69. The molecule has 2 aromatic heterocycles. The van der Waals surface area contributed by atoms with Crippen molar-refractivity contribution in [2.75, 3.05) is 0 Å². The molecule has 2 heterocycles. The Balaban J connectivity index is 1.70. The first-order valence-corrected chi connectivity index (χ1v) is 8.38. The number of aryl methyl sites for hydroxylation is 1. The molecular formula is C16H25N5O. The van der Waals surface area contributed by atoms with Gasteiger partial charge in [0.15, 0.2) is 5.82 Å². The molecule has 3 rings (SSSR count). The molecule has 0 atom stereocenters. The first kappa shape index (κ1) is 15.2. The molecule has 120 valence electrons. The van der Waals surface area contributed by atoms with Crippen molar-refractivity contribution in [2.24, 2.45) is 0 Å². The molecule has 22 heavy (non-hydrogen) atoms. The van der Waals surface area contributed by atoms with E-state index in [0.29, 0.717) is 6.04 Å². The van der Waals surface area contributed by atoms with Crippen molar-refractivity contribution in [2.45, 2.75) is 71.1 Å². The number of nitrogens with zero attached hydrogens (tertiary/aromatic N) is 5. The fraction of sp³-hybridized carbons (Fsp3) is 0.688. The highest BCUT2D eigenvalue weighted by Gasteiger charge is 2.25. The number of hydrogen-bond donors (Lipinski definition) is 0. The quantitative estimate of drug-likeness (QED) is 0.750. The standard InChI is InChI=1S/C16H25N5O/c1-2-3-10-21-16(17-18-19-21)13-20(14-7-4-5-8-14)12-15-9-6-11-22-15/h6,9,11,14H,2-5,7-8,10,12-13H2,1H3. The third kappa shape index (κ3) is 3.74. The average Bonchev–Trinajstić information content (AvgIpc) is 3.27. The van der Waals surface area contributed by atoms with Gasteiger partial charge in [-0.3, -0.25) is 4.90 Å². The maximum atomic E-state index is 5.54. The molecule has 0 N–H and O–H groups in total. The highest BCUT2D eigenvalue weighted by Crippen LogP contribution is 2.26. The summed E-state index contributed by atoms with van der Waals surface area (Å²) in [5.74, 6) is 1.98. The smallest absolute Gasteiger partial charge is 0.165 e. The maximum Gasteiger partial charge on any atom is 0.165 e. The Morgan fingerprint density at radius 1 is 1.32 bits per heavy atom. The first-order valence-electron chi connectivity index (χ1n) is 8.38. The van der Waals surface area contributed by atoms with Crippen molar-refractivity contribution in [3.63, 3.8) is 0 Å². The predicted molar refractivity (Wildman–Crippen MR) is 82.9 cm³/mol. The van der Waals surface area contributed by atoms with Crippen LogP contribution in [-0.2, 0) is 19.6 Å². The van der Waals surface area contributed by atoms with E-state index >= 15 is 0 Å². The number of hydrogen-bond acceptors (Lipinski definition) is 5. The van der Waals surface area contributed by atoms with Crippen molar-refractivity contribution in [1.29, 1.82) is 0 Å². The van der Waals surface area contributed by atoms with E-state index in [1.807, 2.05) is 16.8 Å². The zero-order valence-electron chi connectivity index (χ0n) is 13.3. The van der Waals surface area contributed by atoms with Gasteiger partial charge in [0, 0.05) is 12.6 Å². The third-order valence-corrected chi connectivity index (χ3v) is 4.45. The molecule has 2 aromatic rings. The van der Waals surface area contributed by atoms with Gasteiger partial charge in [-0.05, 0) is 41.8 Å². The van der Waals surface area contributed by atoms with Crippen molar-refractivity contribution in [1.82, 2.24) is 25.1 Å². The number of tetrazole rings is 1. The molecule has 1 aliphatic rings. The van der Waals surface area contributed by atoms with Gasteiger partial charge in [0.1, 0.15) is 5.76 Å². The Kier molecular flexibility index (Phi) is 5.21. The van der Waals surface area contributed by atoms with E-state index in [0.717, 1.165) is 44.1 Å². The van der Waals surface area contributed by atoms with E-state index in [1.165, 1.54) is 25.7 Å². The Morgan fingerprint density at radius 2 is 2.18 bits per heavy atom. The van der Waals surface area contributed by atoms with Crippen molar-refractivity contribution >= 4 is 0 Å². The Labute approximate surface area is 131 Å². The molecule has 0 aliphatic heterocycles. The van der Waals surface area contributed by atoms with Gasteiger partial charge in [-0.25, -0.2) is 4.68 Å². The van der Waals surface area contributed by atoms with Gasteiger partial charge in [-0.2, -0.15) is 0 Å². The summed E-state index contributed by atoms with van der Waals surface area (Å²) in [6.45, 7) is 4.71. The van der Waals surface area contributed by atoms with Crippen LogP contribution in [0.2, 0.25) is 0 Å². The fourth-order valence-corrected chi connectivity index (χ4v) is 3.19. The van der Waals surface area contributed by atoms with E-state index in [4.69, 9.17) is 4.42 Å². The predicted octanol–water partition coefficient (Wildman–Crippen LogP) is 3.01. The van der Waals surface area contributed by atoms with Crippen LogP contribution in [-0.4, -0.2) is 31.1 Å². The van der Waals surface area contributed by atoms with Crippen LogP contribution < -0.4 is 0 Å². The summed E-state index contributed by atoms with van der Waals surface area (Å²) in [6.07, 6.45) is 9.17. The van der Waals surface area contributed by atoms with Gasteiger partial charge < -0.3 is 4.42 Å². The second-order valence-corrected chi connectivity index (χ2v) is 6.09. The Morgan fingerprint density at radius 3 is 2.91 bits per heavy atom. The minimum absolute atomic E-state index is 0.612. The summed E-state index contributed by atoms with van der Waals surface area (Å²) in [5, 5.41) is 12.2. The van der Waals surface area contributed by atoms with Crippen molar-refractivity contribution in [3.05, 3.63) is 30.0 Å². The van der Waals surface area contributed by atoms with Crippen LogP contribution in [0.1, 0.15) is 57.0 Å². The lowest BCUT2D eigenvalue weighted by Crippen LogP contribution is -2.33. The fourth-order valence-electron chi connectivity index (χ4n) is 3.19. The molecule has 1 saturated carbocycles. The summed E-state index contributed by atoms with van der Waals surface area (Å²) in [4.78, 5) is 2.47. The molecule has 0 unspecified atom stereocenters. The largest absolute Gasteiger partial charge is 0.468 e. The summed E-state index contributed by atoms with van der Waals surface area (Å²) in [6, 6.07) is 4.61. The molecule has 6 nitrogen and oxygen atoms in total.